The molecule has 3 heterocycles. The normalized spacial score (nSPS) is 20.7. The van der Waals surface area contributed by atoms with Crippen LogP contribution in [0, 0.1) is 5.82 Å². The van der Waals surface area contributed by atoms with Gasteiger partial charge in [0.05, 0.1) is 11.2 Å². The molecule has 0 saturated carbocycles. The number of aryl methyl sites for hydroxylation is 1. The molecule has 1 aliphatic carbocycles. The van der Waals surface area contributed by atoms with Crippen molar-refractivity contribution in [1.29, 1.82) is 0 Å². The fourth-order valence-electron chi connectivity index (χ4n) is 5.44. The van der Waals surface area contributed by atoms with Gasteiger partial charge in [0.15, 0.2) is 0 Å². The molecule has 1 aromatic carbocycles. The van der Waals surface area contributed by atoms with Gasteiger partial charge in [0.25, 0.3) is 5.91 Å². The maximum atomic E-state index is 15.0. The van der Waals surface area contributed by atoms with E-state index in [1.807, 2.05) is 33.8 Å². The molecule has 9 heteroatoms. The molecule has 0 unspecified atom stereocenters. The first-order chi connectivity index (χ1) is 16.5. The first-order valence-electron chi connectivity index (χ1n) is 12.4. The summed E-state index contributed by atoms with van der Waals surface area (Å²) >= 11 is 0. The number of amides is 1. The van der Waals surface area contributed by atoms with Gasteiger partial charge in [-0.2, -0.15) is 0 Å². The van der Waals surface area contributed by atoms with Gasteiger partial charge >= 0.3 is 13.1 Å². The highest BCUT2D eigenvalue weighted by atomic mass is 19.1. The SMILES string of the molecule is CC1(C)OB(c2cc(F)cc(N3CCn4c(cc5c4CCCC5)C3=O)c2CCC(=O)O)OC1(C)C. The van der Waals surface area contributed by atoms with Crippen LogP contribution in [0.3, 0.4) is 0 Å². The minimum absolute atomic E-state index is 0.131. The lowest BCUT2D eigenvalue weighted by molar-refractivity contribution is -0.136. The van der Waals surface area contributed by atoms with E-state index in [2.05, 4.69) is 4.57 Å². The maximum Gasteiger partial charge on any atom is 0.495 e. The van der Waals surface area contributed by atoms with Gasteiger partial charge in [-0.25, -0.2) is 4.39 Å². The summed E-state index contributed by atoms with van der Waals surface area (Å²) in [7, 11) is -0.866. The van der Waals surface area contributed by atoms with Gasteiger partial charge < -0.3 is 23.9 Å². The first-order valence-corrected chi connectivity index (χ1v) is 12.4. The van der Waals surface area contributed by atoms with Crippen LogP contribution in [0.4, 0.5) is 10.1 Å². The lowest BCUT2D eigenvalue weighted by Gasteiger charge is -2.32. The highest BCUT2D eigenvalue weighted by molar-refractivity contribution is 6.63. The molecule has 2 aromatic rings. The predicted molar refractivity (Wildman–Crippen MR) is 131 cm³/mol. The van der Waals surface area contributed by atoms with E-state index in [1.54, 1.807) is 4.90 Å². The smallest absolute Gasteiger partial charge is 0.481 e. The van der Waals surface area contributed by atoms with E-state index < -0.39 is 30.1 Å². The second-order valence-electron chi connectivity index (χ2n) is 10.8. The molecule has 0 radical (unpaired) electrons. The molecule has 7 nitrogen and oxygen atoms in total. The second-order valence-corrected chi connectivity index (χ2v) is 10.8. The summed E-state index contributed by atoms with van der Waals surface area (Å²) in [4.78, 5) is 26.8. The molecule has 3 aliphatic rings. The summed E-state index contributed by atoms with van der Waals surface area (Å²) in [5.41, 5.74) is 3.20. The molecule has 0 atom stereocenters. The number of aliphatic carboxylic acids is 1. The van der Waals surface area contributed by atoms with Crippen LogP contribution in [0.25, 0.3) is 0 Å². The van der Waals surface area contributed by atoms with E-state index in [9.17, 15) is 14.7 Å². The Morgan fingerprint density at radius 1 is 1.09 bits per heavy atom. The standard InChI is InChI=1S/C26H32BFN2O5/c1-25(2)26(3,4)35-27(34-25)19-14-17(28)15-21(18(19)9-10-23(31)32)30-12-11-29-20-8-6-5-7-16(20)13-22(29)24(30)33/h13-15H,5-12H2,1-4H3,(H,31,32). The quantitative estimate of drug-likeness (QED) is 0.661. The van der Waals surface area contributed by atoms with E-state index in [-0.39, 0.29) is 18.7 Å². The number of anilines is 1. The largest absolute Gasteiger partial charge is 0.495 e. The van der Waals surface area contributed by atoms with Crippen LogP contribution in [0.15, 0.2) is 18.2 Å². The van der Waals surface area contributed by atoms with Gasteiger partial charge in [0.1, 0.15) is 11.5 Å². The zero-order valence-electron chi connectivity index (χ0n) is 20.8. The highest BCUT2D eigenvalue weighted by Crippen LogP contribution is 2.38. The molecule has 1 saturated heterocycles. The number of carbonyl (C=O) groups excluding carboxylic acids is 1. The van der Waals surface area contributed by atoms with Crippen LogP contribution >= 0.6 is 0 Å². The summed E-state index contributed by atoms with van der Waals surface area (Å²) in [5.74, 6) is -1.67. The molecular formula is C26H32BFN2O5. The Kier molecular flexibility index (Phi) is 5.83. The third kappa shape index (κ3) is 4.08. The monoisotopic (exact) mass is 482 g/mol. The highest BCUT2D eigenvalue weighted by Gasteiger charge is 2.52. The van der Waals surface area contributed by atoms with Crippen LogP contribution in [-0.4, -0.2) is 46.4 Å². The number of aromatic nitrogens is 1. The van der Waals surface area contributed by atoms with Crippen molar-refractivity contribution in [3.8, 4) is 0 Å². The Hall–Kier alpha value is -2.65. The third-order valence-corrected chi connectivity index (χ3v) is 8.03. The number of hydrogen-bond donors (Lipinski definition) is 1. The fourth-order valence-corrected chi connectivity index (χ4v) is 5.44. The number of fused-ring (bicyclic) bond motifs is 3. The van der Waals surface area contributed by atoms with Gasteiger partial charge in [-0.15, -0.1) is 0 Å². The van der Waals surface area contributed by atoms with Crippen molar-refractivity contribution in [2.24, 2.45) is 0 Å². The van der Waals surface area contributed by atoms with Crippen molar-refractivity contribution in [3.05, 3.63) is 46.5 Å². The minimum Gasteiger partial charge on any atom is -0.481 e. The van der Waals surface area contributed by atoms with Crippen LogP contribution in [-0.2, 0) is 39.9 Å². The van der Waals surface area contributed by atoms with Crippen LogP contribution in [0.1, 0.15) is 74.3 Å². The number of halogens is 1. The lowest BCUT2D eigenvalue weighted by Crippen LogP contribution is -2.44. The number of hydrogen-bond acceptors (Lipinski definition) is 4. The number of carboxylic acid groups (broad SMARTS) is 1. The Bertz CT molecular complexity index is 1190. The summed E-state index contributed by atoms with van der Waals surface area (Å²) in [6, 6.07) is 4.66. The van der Waals surface area contributed by atoms with Crippen molar-refractivity contribution in [2.75, 3.05) is 11.4 Å². The summed E-state index contributed by atoms with van der Waals surface area (Å²) < 4.78 is 29.5. The summed E-state index contributed by atoms with van der Waals surface area (Å²) in [5, 5.41) is 9.41. The number of carboxylic acids is 1. The molecule has 1 amide bonds. The van der Waals surface area contributed by atoms with Crippen molar-refractivity contribution < 1.29 is 28.4 Å². The van der Waals surface area contributed by atoms with Crippen molar-refractivity contribution >= 4 is 30.1 Å². The molecule has 186 valence electrons. The molecule has 1 fully saturated rings. The summed E-state index contributed by atoms with van der Waals surface area (Å²) in [6.45, 7) is 8.65. The number of nitrogens with zero attached hydrogens (tertiary/aromatic N) is 2. The van der Waals surface area contributed by atoms with E-state index in [1.165, 1.54) is 23.4 Å². The van der Waals surface area contributed by atoms with Gasteiger partial charge in [-0.1, -0.05) is 0 Å². The molecule has 35 heavy (non-hydrogen) atoms. The lowest BCUT2D eigenvalue weighted by atomic mass is 9.74. The van der Waals surface area contributed by atoms with Crippen LogP contribution in [0.2, 0.25) is 0 Å². The topological polar surface area (TPSA) is 81.0 Å². The van der Waals surface area contributed by atoms with Gasteiger partial charge in [0, 0.05) is 30.9 Å². The molecular weight excluding hydrogens is 450 g/mol. The molecule has 2 aliphatic heterocycles. The van der Waals surface area contributed by atoms with Crippen molar-refractivity contribution in [3.63, 3.8) is 0 Å². The molecule has 1 aromatic heterocycles. The Labute approximate surface area is 205 Å². The Morgan fingerprint density at radius 2 is 1.77 bits per heavy atom. The van der Waals surface area contributed by atoms with Crippen molar-refractivity contribution in [1.82, 2.24) is 4.57 Å². The third-order valence-electron chi connectivity index (χ3n) is 8.03. The molecule has 0 spiro atoms. The van der Waals surface area contributed by atoms with Crippen LogP contribution in [0.5, 0.6) is 0 Å². The van der Waals surface area contributed by atoms with Gasteiger partial charge in [0.2, 0.25) is 0 Å². The average Bonchev–Trinajstić information content (AvgIpc) is 3.26. The van der Waals surface area contributed by atoms with Crippen molar-refractivity contribution in [2.45, 2.75) is 84.0 Å². The minimum atomic E-state index is -0.966. The van der Waals surface area contributed by atoms with Gasteiger partial charge in [-0.3, -0.25) is 9.59 Å². The molecule has 1 N–H and O–H groups in total. The zero-order chi connectivity index (χ0) is 25.1. The van der Waals surface area contributed by atoms with E-state index >= 15 is 4.39 Å². The van der Waals surface area contributed by atoms with E-state index in [0.29, 0.717) is 35.5 Å². The number of carbonyl (C=O) groups is 2. The maximum absolute atomic E-state index is 15.0. The Morgan fingerprint density at radius 3 is 2.46 bits per heavy atom. The molecule has 5 rings (SSSR count). The first kappa shape index (κ1) is 24.1. The second kappa shape index (κ2) is 8.48. The predicted octanol–water partition coefficient (Wildman–Crippen LogP) is 3.48. The molecule has 0 bridgehead atoms. The summed E-state index contributed by atoms with van der Waals surface area (Å²) in [6.07, 6.45) is 4.16. The van der Waals surface area contributed by atoms with Crippen LogP contribution < -0.4 is 10.4 Å². The average molecular weight is 482 g/mol. The van der Waals surface area contributed by atoms with E-state index in [4.69, 9.17) is 9.31 Å². The Balaban J connectivity index is 1.58. The van der Waals surface area contributed by atoms with E-state index in [0.717, 1.165) is 25.7 Å². The number of rotatable bonds is 5. The van der Waals surface area contributed by atoms with Gasteiger partial charge in [-0.05, 0) is 94.6 Å². The zero-order valence-corrected chi connectivity index (χ0v) is 20.8. The fraction of sp³-hybridized carbons (Fsp3) is 0.538. The number of benzene rings is 1.